The number of carbonyl (C=O) groups excluding carboxylic acids is 1. The van der Waals surface area contributed by atoms with E-state index in [1.807, 2.05) is 42.2 Å². The van der Waals surface area contributed by atoms with Crippen molar-refractivity contribution in [1.82, 2.24) is 0 Å². The molecule has 0 saturated carbocycles. The van der Waals surface area contributed by atoms with Crippen LogP contribution in [-0.4, -0.2) is 11.7 Å². The Morgan fingerprint density at radius 2 is 1.91 bits per heavy atom. The smallest absolute Gasteiger partial charge is 0.238 e. The van der Waals surface area contributed by atoms with Gasteiger partial charge in [0.15, 0.2) is 0 Å². The maximum atomic E-state index is 12.4. The number of benzene rings is 2. The minimum Gasteiger partial charge on any atom is -0.295 e. The topological polar surface area (TPSA) is 20.3 Å². The summed E-state index contributed by atoms with van der Waals surface area (Å²) < 4.78 is 0. The summed E-state index contributed by atoms with van der Waals surface area (Å²) in [6, 6.07) is 11.6. The highest BCUT2D eigenvalue weighted by Crippen LogP contribution is 2.45. The standard InChI is InChI=1S/C17H15Cl2NOS/c1-10-6-7-12(8-11(10)2)20-15(21)9-22-17(20)13-4-3-5-14(18)16(13)19/h3-8,17H,9H2,1-2H3/t17-/m0/s1. The van der Waals surface area contributed by atoms with Gasteiger partial charge in [-0.1, -0.05) is 41.4 Å². The quantitative estimate of drug-likeness (QED) is 0.722. The molecule has 1 heterocycles. The van der Waals surface area contributed by atoms with Crippen molar-refractivity contribution in [2.75, 3.05) is 10.7 Å². The molecule has 1 atom stereocenters. The van der Waals surface area contributed by atoms with E-state index >= 15 is 0 Å². The van der Waals surface area contributed by atoms with Crippen LogP contribution in [0.5, 0.6) is 0 Å². The van der Waals surface area contributed by atoms with Gasteiger partial charge < -0.3 is 0 Å². The average molecular weight is 352 g/mol. The van der Waals surface area contributed by atoms with Crippen LogP contribution in [-0.2, 0) is 4.79 Å². The fraction of sp³-hybridized carbons (Fsp3) is 0.235. The van der Waals surface area contributed by atoms with Crippen molar-refractivity contribution in [2.45, 2.75) is 19.2 Å². The molecule has 1 aliphatic heterocycles. The number of hydrogen-bond acceptors (Lipinski definition) is 2. The maximum Gasteiger partial charge on any atom is 0.238 e. The zero-order valence-corrected chi connectivity index (χ0v) is 14.6. The Morgan fingerprint density at radius 3 is 2.64 bits per heavy atom. The van der Waals surface area contributed by atoms with Crippen molar-refractivity contribution in [3.05, 3.63) is 63.1 Å². The van der Waals surface area contributed by atoms with Crippen molar-refractivity contribution < 1.29 is 4.79 Å². The minimum atomic E-state index is -0.138. The Kier molecular flexibility index (Phi) is 4.40. The number of nitrogens with zero attached hydrogens (tertiary/aromatic N) is 1. The lowest BCUT2D eigenvalue weighted by atomic mass is 10.1. The second-order valence-corrected chi connectivity index (χ2v) is 7.19. The van der Waals surface area contributed by atoms with E-state index in [-0.39, 0.29) is 11.3 Å². The van der Waals surface area contributed by atoms with Gasteiger partial charge in [0.05, 0.1) is 15.8 Å². The molecule has 3 rings (SSSR count). The second kappa shape index (κ2) is 6.15. The molecule has 0 spiro atoms. The van der Waals surface area contributed by atoms with Gasteiger partial charge in [-0.05, 0) is 43.2 Å². The molecular weight excluding hydrogens is 337 g/mol. The monoisotopic (exact) mass is 351 g/mol. The number of hydrogen-bond donors (Lipinski definition) is 0. The molecule has 0 aliphatic carbocycles. The number of aryl methyl sites for hydroxylation is 2. The summed E-state index contributed by atoms with van der Waals surface area (Å²) in [5, 5.41) is 0.894. The highest BCUT2D eigenvalue weighted by atomic mass is 35.5. The molecule has 0 N–H and O–H groups in total. The summed E-state index contributed by atoms with van der Waals surface area (Å²) in [4.78, 5) is 14.2. The number of amides is 1. The average Bonchev–Trinajstić information content (AvgIpc) is 2.86. The Hall–Kier alpha value is -1.16. The summed E-state index contributed by atoms with van der Waals surface area (Å²) in [5.41, 5.74) is 4.15. The molecule has 0 unspecified atom stereocenters. The van der Waals surface area contributed by atoms with Crippen molar-refractivity contribution in [2.24, 2.45) is 0 Å². The lowest BCUT2D eigenvalue weighted by Gasteiger charge is -2.26. The first-order valence-electron chi connectivity index (χ1n) is 6.94. The molecule has 0 radical (unpaired) electrons. The molecule has 1 fully saturated rings. The minimum absolute atomic E-state index is 0.0919. The Bertz CT molecular complexity index is 747. The van der Waals surface area contributed by atoms with Crippen molar-refractivity contribution >= 4 is 46.6 Å². The van der Waals surface area contributed by atoms with Crippen LogP contribution in [0.2, 0.25) is 10.0 Å². The van der Waals surface area contributed by atoms with Crippen LogP contribution in [0.1, 0.15) is 22.1 Å². The van der Waals surface area contributed by atoms with Crippen LogP contribution in [0.15, 0.2) is 36.4 Å². The third kappa shape index (κ3) is 2.73. The Labute approximate surface area is 144 Å². The summed E-state index contributed by atoms with van der Waals surface area (Å²) in [5.74, 6) is 0.537. The summed E-state index contributed by atoms with van der Waals surface area (Å²) in [6.45, 7) is 4.11. The van der Waals surface area contributed by atoms with Gasteiger partial charge in [0.1, 0.15) is 5.37 Å². The first kappa shape index (κ1) is 15.7. The van der Waals surface area contributed by atoms with E-state index in [0.29, 0.717) is 15.8 Å². The molecule has 2 aromatic rings. The fourth-order valence-electron chi connectivity index (χ4n) is 2.52. The second-order valence-electron chi connectivity index (χ2n) is 5.34. The number of thioether (sulfide) groups is 1. The largest absolute Gasteiger partial charge is 0.295 e. The van der Waals surface area contributed by atoms with Gasteiger partial charge in [-0.3, -0.25) is 9.69 Å². The SMILES string of the molecule is Cc1ccc(N2C(=O)CS[C@H]2c2cccc(Cl)c2Cl)cc1C. The van der Waals surface area contributed by atoms with Gasteiger partial charge in [-0.25, -0.2) is 0 Å². The van der Waals surface area contributed by atoms with E-state index in [2.05, 4.69) is 6.92 Å². The van der Waals surface area contributed by atoms with Crippen molar-refractivity contribution in [3.8, 4) is 0 Å². The van der Waals surface area contributed by atoms with Gasteiger partial charge in [0.25, 0.3) is 0 Å². The van der Waals surface area contributed by atoms with Crippen molar-refractivity contribution in [1.29, 1.82) is 0 Å². The highest BCUT2D eigenvalue weighted by molar-refractivity contribution is 8.00. The van der Waals surface area contributed by atoms with Crippen molar-refractivity contribution in [3.63, 3.8) is 0 Å². The number of anilines is 1. The van der Waals surface area contributed by atoms with Gasteiger partial charge >= 0.3 is 0 Å². The first-order chi connectivity index (χ1) is 10.5. The number of halogens is 2. The van der Waals surface area contributed by atoms with E-state index in [9.17, 15) is 4.79 Å². The Balaban J connectivity index is 2.06. The zero-order valence-electron chi connectivity index (χ0n) is 12.3. The zero-order chi connectivity index (χ0) is 15.9. The summed E-state index contributed by atoms with van der Waals surface area (Å²) in [6.07, 6.45) is 0. The molecule has 0 bridgehead atoms. The van der Waals surface area contributed by atoms with Crippen LogP contribution in [0.3, 0.4) is 0 Å². The summed E-state index contributed by atoms with van der Waals surface area (Å²) >= 11 is 14.0. The van der Waals surface area contributed by atoms with E-state index in [1.165, 1.54) is 5.56 Å². The fourth-order valence-corrected chi connectivity index (χ4v) is 4.20. The molecule has 0 aromatic heterocycles. The van der Waals surface area contributed by atoms with Gasteiger partial charge in [-0.2, -0.15) is 0 Å². The lowest BCUT2D eigenvalue weighted by molar-refractivity contribution is -0.115. The normalized spacial score (nSPS) is 18.1. The third-order valence-electron chi connectivity index (χ3n) is 3.88. The van der Waals surface area contributed by atoms with Crippen LogP contribution in [0, 0.1) is 13.8 Å². The molecule has 1 amide bonds. The number of carbonyl (C=O) groups is 1. The molecule has 2 aromatic carbocycles. The van der Waals surface area contributed by atoms with Gasteiger partial charge in [0.2, 0.25) is 5.91 Å². The van der Waals surface area contributed by atoms with E-state index in [4.69, 9.17) is 23.2 Å². The van der Waals surface area contributed by atoms with Gasteiger partial charge in [0, 0.05) is 11.3 Å². The summed E-state index contributed by atoms with van der Waals surface area (Å²) in [7, 11) is 0. The molecule has 5 heteroatoms. The van der Waals surface area contributed by atoms with Crippen LogP contribution >= 0.6 is 35.0 Å². The molecule has 1 saturated heterocycles. The number of rotatable bonds is 2. The van der Waals surface area contributed by atoms with E-state index in [0.717, 1.165) is 16.8 Å². The predicted octanol–water partition coefficient (Wildman–Crippen LogP) is 5.39. The third-order valence-corrected chi connectivity index (χ3v) is 5.91. The van der Waals surface area contributed by atoms with Crippen LogP contribution in [0.25, 0.3) is 0 Å². The van der Waals surface area contributed by atoms with Gasteiger partial charge in [-0.15, -0.1) is 11.8 Å². The van der Waals surface area contributed by atoms with Crippen LogP contribution in [0.4, 0.5) is 5.69 Å². The Morgan fingerprint density at radius 1 is 1.14 bits per heavy atom. The highest BCUT2D eigenvalue weighted by Gasteiger charge is 2.35. The van der Waals surface area contributed by atoms with Crippen LogP contribution < -0.4 is 4.90 Å². The molecule has 114 valence electrons. The predicted molar refractivity (Wildman–Crippen MR) is 95.1 cm³/mol. The molecule has 2 nitrogen and oxygen atoms in total. The molecule has 22 heavy (non-hydrogen) atoms. The maximum absolute atomic E-state index is 12.4. The lowest BCUT2D eigenvalue weighted by Crippen LogP contribution is -2.28. The first-order valence-corrected chi connectivity index (χ1v) is 8.74. The van der Waals surface area contributed by atoms with E-state index < -0.39 is 0 Å². The van der Waals surface area contributed by atoms with E-state index in [1.54, 1.807) is 17.8 Å². The molecule has 1 aliphatic rings. The molecular formula is C17H15Cl2NOS.